The number of rotatable bonds is 3. The number of carbonyl (C=O) groups excluding carboxylic acids is 1. The van der Waals surface area contributed by atoms with Crippen LogP contribution >= 0.6 is 11.5 Å². The lowest BCUT2D eigenvalue weighted by molar-refractivity contribution is 0.0698. The third kappa shape index (κ3) is 3.61. The molecule has 1 fully saturated rings. The maximum Gasteiger partial charge on any atom is 0.265 e. The minimum absolute atomic E-state index is 0.0137. The van der Waals surface area contributed by atoms with E-state index in [4.69, 9.17) is 0 Å². The Morgan fingerprint density at radius 2 is 2.24 bits per heavy atom. The zero-order valence-electron chi connectivity index (χ0n) is 13.3. The van der Waals surface area contributed by atoms with Crippen LogP contribution in [0.1, 0.15) is 68.7 Å². The van der Waals surface area contributed by atoms with Crippen LogP contribution in [0.2, 0.25) is 0 Å². The van der Waals surface area contributed by atoms with E-state index >= 15 is 0 Å². The second-order valence-corrected chi connectivity index (χ2v) is 8.05. The van der Waals surface area contributed by atoms with Crippen molar-refractivity contribution in [2.24, 2.45) is 5.92 Å². The minimum Gasteiger partial charge on any atom is -0.394 e. The van der Waals surface area contributed by atoms with E-state index in [1.54, 1.807) is 0 Å². The molecule has 0 aromatic carbocycles. The van der Waals surface area contributed by atoms with Gasteiger partial charge in [-0.15, -0.1) is 5.10 Å². The summed E-state index contributed by atoms with van der Waals surface area (Å²) in [5.74, 6) is 0.367. The summed E-state index contributed by atoms with van der Waals surface area (Å²) in [6.45, 7) is 8.21. The van der Waals surface area contributed by atoms with Gasteiger partial charge in [0.25, 0.3) is 5.91 Å². The number of nitrogens with zero attached hydrogens (tertiary/aromatic N) is 2. The Balaban J connectivity index is 2.19. The van der Waals surface area contributed by atoms with Crippen molar-refractivity contribution in [1.82, 2.24) is 14.9 Å². The van der Waals surface area contributed by atoms with Crippen LogP contribution in [0.3, 0.4) is 0 Å². The van der Waals surface area contributed by atoms with E-state index < -0.39 is 5.54 Å². The van der Waals surface area contributed by atoms with Crippen molar-refractivity contribution < 1.29 is 9.90 Å². The van der Waals surface area contributed by atoms with E-state index in [1.807, 2.05) is 20.8 Å². The summed E-state index contributed by atoms with van der Waals surface area (Å²) < 4.78 is 3.93. The first kappa shape index (κ1) is 16.4. The Kier molecular flexibility index (Phi) is 4.68. The Morgan fingerprint density at radius 3 is 2.81 bits per heavy atom. The molecular weight excluding hydrogens is 286 g/mol. The number of aromatic nitrogens is 2. The fourth-order valence-electron chi connectivity index (χ4n) is 3.08. The molecule has 6 heteroatoms. The zero-order valence-corrected chi connectivity index (χ0v) is 14.1. The number of aliphatic hydroxyl groups excluding tert-OH is 1. The van der Waals surface area contributed by atoms with Gasteiger partial charge in [-0.05, 0) is 30.3 Å². The molecule has 2 rings (SSSR count). The van der Waals surface area contributed by atoms with Crippen molar-refractivity contribution >= 4 is 17.4 Å². The highest BCUT2D eigenvalue weighted by Gasteiger charge is 2.37. The normalized spacial score (nSPS) is 26.6. The second kappa shape index (κ2) is 6.01. The lowest BCUT2D eigenvalue weighted by Gasteiger charge is -2.39. The zero-order chi connectivity index (χ0) is 15.7. The van der Waals surface area contributed by atoms with Crippen molar-refractivity contribution in [2.75, 3.05) is 6.61 Å². The molecule has 1 amide bonds. The lowest BCUT2D eigenvalue weighted by atomic mass is 9.76. The Labute approximate surface area is 130 Å². The molecule has 0 bridgehead atoms. The molecule has 1 aromatic rings. The van der Waals surface area contributed by atoms with Crippen LogP contribution in [0.25, 0.3) is 0 Å². The van der Waals surface area contributed by atoms with E-state index in [2.05, 4.69) is 21.8 Å². The van der Waals surface area contributed by atoms with Crippen LogP contribution in [0, 0.1) is 5.92 Å². The molecule has 1 aromatic heterocycles. The van der Waals surface area contributed by atoms with E-state index in [-0.39, 0.29) is 17.9 Å². The molecule has 2 unspecified atom stereocenters. The van der Waals surface area contributed by atoms with Gasteiger partial charge in [-0.1, -0.05) is 45.0 Å². The van der Waals surface area contributed by atoms with Crippen molar-refractivity contribution in [3.63, 3.8) is 0 Å². The van der Waals surface area contributed by atoms with Crippen LogP contribution in [0.15, 0.2) is 0 Å². The van der Waals surface area contributed by atoms with Crippen molar-refractivity contribution in [3.05, 3.63) is 10.6 Å². The average Bonchev–Trinajstić information content (AvgIpc) is 2.88. The summed E-state index contributed by atoms with van der Waals surface area (Å²) in [5, 5.41) is 17.0. The summed E-state index contributed by atoms with van der Waals surface area (Å²) in [6, 6.07) is 0. The number of amides is 1. The number of hydrogen-bond acceptors (Lipinski definition) is 5. The van der Waals surface area contributed by atoms with Crippen molar-refractivity contribution in [2.45, 2.75) is 64.3 Å². The molecular formula is C15H25N3O2S. The van der Waals surface area contributed by atoms with Gasteiger partial charge >= 0.3 is 0 Å². The first-order valence-corrected chi connectivity index (χ1v) is 8.31. The molecule has 0 radical (unpaired) electrons. The largest absolute Gasteiger partial charge is 0.394 e. The van der Waals surface area contributed by atoms with Crippen LogP contribution < -0.4 is 5.32 Å². The first-order valence-electron chi connectivity index (χ1n) is 7.54. The van der Waals surface area contributed by atoms with Crippen LogP contribution in [0.4, 0.5) is 0 Å². The SMILES string of the molecule is CC1CCCC(CO)(NC(=O)c2snnc2C(C)(C)C)C1. The van der Waals surface area contributed by atoms with Crippen molar-refractivity contribution in [1.29, 1.82) is 0 Å². The van der Waals surface area contributed by atoms with Gasteiger partial charge in [0.05, 0.1) is 17.8 Å². The molecule has 1 saturated carbocycles. The summed E-state index contributed by atoms with van der Waals surface area (Å²) in [5.41, 5.74) is 0.0155. The topological polar surface area (TPSA) is 75.1 Å². The molecule has 0 spiro atoms. The Hall–Kier alpha value is -1.01. The summed E-state index contributed by atoms with van der Waals surface area (Å²) in [7, 11) is 0. The van der Waals surface area contributed by atoms with Gasteiger partial charge in [0, 0.05) is 5.41 Å². The lowest BCUT2D eigenvalue weighted by Crippen LogP contribution is -2.54. The van der Waals surface area contributed by atoms with Gasteiger partial charge in [-0.3, -0.25) is 4.79 Å². The number of aliphatic hydroxyl groups is 1. The fourth-order valence-corrected chi connectivity index (χ4v) is 3.86. The first-order chi connectivity index (χ1) is 9.77. The van der Waals surface area contributed by atoms with E-state index in [0.29, 0.717) is 10.8 Å². The predicted octanol–water partition coefficient (Wildman–Crippen LogP) is 2.51. The molecule has 118 valence electrons. The van der Waals surface area contributed by atoms with Crippen LogP contribution in [-0.4, -0.2) is 32.7 Å². The van der Waals surface area contributed by atoms with Crippen molar-refractivity contribution in [3.8, 4) is 0 Å². The van der Waals surface area contributed by atoms with Gasteiger partial charge in [-0.2, -0.15) is 0 Å². The van der Waals surface area contributed by atoms with E-state index in [1.165, 1.54) is 0 Å². The number of carbonyl (C=O) groups is 1. The molecule has 0 saturated heterocycles. The standard InChI is InChI=1S/C15H25N3O2S/c1-10-6-5-7-15(8-10,9-19)16-13(20)11-12(14(2,3)4)17-18-21-11/h10,19H,5-9H2,1-4H3,(H,16,20). The molecule has 0 aliphatic heterocycles. The quantitative estimate of drug-likeness (QED) is 0.899. The molecule has 2 N–H and O–H groups in total. The molecule has 2 atom stereocenters. The maximum absolute atomic E-state index is 12.6. The summed E-state index contributed by atoms with van der Waals surface area (Å²) >= 11 is 1.13. The van der Waals surface area contributed by atoms with Gasteiger partial charge < -0.3 is 10.4 Å². The highest BCUT2D eigenvalue weighted by Crippen LogP contribution is 2.33. The molecule has 5 nitrogen and oxygen atoms in total. The fraction of sp³-hybridized carbons (Fsp3) is 0.800. The Morgan fingerprint density at radius 1 is 1.52 bits per heavy atom. The average molecular weight is 311 g/mol. The van der Waals surface area contributed by atoms with Gasteiger partial charge in [-0.25, -0.2) is 0 Å². The number of nitrogens with one attached hydrogen (secondary N) is 1. The summed E-state index contributed by atoms with van der Waals surface area (Å²) in [4.78, 5) is 13.2. The van der Waals surface area contributed by atoms with E-state index in [0.717, 1.165) is 42.9 Å². The van der Waals surface area contributed by atoms with E-state index in [9.17, 15) is 9.90 Å². The highest BCUT2D eigenvalue weighted by molar-refractivity contribution is 7.08. The smallest absolute Gasteiger partial charge is 0.265 e. The summed E-state index contributed by atoms with van der Waals surface area (Å²) in [6.07, 6.45) is 3.85. The monoisotopic (exact) mass is 311 g/mol. The van der Waals surface area contributed by atoms with Crippen LogP contribution in [0.5, 0.6) is 0 Å². The highest BCUT2D eigenvalue weighted by atomic mass is 32.1. The molecule has 1 heterocycles. The molecule has 21 heavy (non-hydrogen) atoms. The number of hydrogen-bond donors (Lipinski definition) is 2. The third-order valence-electron chi connectivity index (χ3n) is 4.18. The van der Waals surface area contributed by atoms with Gasteiger partial charge in [0.15, 0.2) is 0 Å². The minimum atomic E-state index is -0.492. The third-order valence-corrected chi connectivity index (χ3v) is 4.90. The predicted molar refractivity (Wildman–Crippen MR) is 83.5 cm³/mol. The second-order valence-electron chi connectivity index (χ2n) is 7.29. The molecule has 1 aliphatic carbocycles. The Bertz CT molecular complexity index is 509. The van der Waals surface area contributed by atoms with Crippen LogP contribution in [-0.2, 0) is 5.41 Å². The molecule has 1 aliphatic rings. The van der Waals surface area contributed by atoms with Gasteiger partial charge in [0.1, 0.15) is 4.88 Å². The van der Waals surface area contributed by atoms with Gasteiger partial charge in [0.2, 0.25) is 0 Å². The maximum atomic E-state index is 12.6.